The largest absolute Gasteiger partial charge is 0.494 e. The number of hydrogen-bond donors (Lipinski definition) is 3. The van der Waals surface area contributed by atoms with Crippen molar-refractivity contribution < 1.29 is 4.74 Å². The van der Waals surface area contributed by atoms with Crippen LogP contribution in [0.3, 0.4) is 0 Å². The fourth-order valence-electron chi connectivity index (χ4n) is 2.53. The van der Waals surface area contributed by atoms with Crippen molar-refractivity contribution in [2.75, 3.05) is 13.2 Å². The van der Waals surface area contributed by atoms with Gasteiger partial charge < -0.3 is 10.5 Å². The summed E-state index contributed by atoms with van der Waals surface area (Å²) < 4.78 is 5.76. The predicted octanol–water partition coefficient (Wildman–Crippen LogP) is 1.98. The second-order valence-corrected chi connectivity index (χ2v) is 5.23. The molecule has 3 atom stereocenters. The van der Waals surface area contributed by atoms with Crippen molar-refractivity contribution in [1.29, 1.82) is 0 Å². The second kappa shape index (κ2) is 6.89. The fourth-order valence-corrected chi connectivity index (χ4v) is 2.53. The summed E-state index contributed by atoms with van der Waals surface area (Å²) in [6, 6.07) is 8.97. The number of hydrogen-bond acceptors (Lipinski definition) is 4. The van der Waals surface area contributed by atoms with Gasteiger partial charge >= 0.3 is 0 Å². The van der Waals surface area contributed by atoms with Crippen LogP contribution in [0.5, 0.6) is 5.75 Å². The SMILES string of the molecule is CCCCOc1cccc(C2NNC(C)C2CN)c1. The van der Waals surface area contributed by atoms with Gasteiger partial charge in [-0.15, -0.1) is 0 Å². The summed E-state index contributed by atoms with van der Waals surface area (Å²) in [7, 11) is 0. The van der Waals surface area contributed by atoms with Crippen LogP contribution in [0.1, 0.15) is 38.3 Å². The minimum atomic E-state index is 0.259. The third kappa shape index (κ3) is 3.47. The molecule has 0 amide bonds. The van der Waals surface area contributed by atoms with Gasteiger partial charge in [-0.1, -0.05) is 25.5 Å². The minimum absolute atomic E-state index is 0.259. The highest BCUT2D eigenvalue weighted by molar-refractivity contribution is 5.31. The minimum Gasteiger partial charge on any atom is -0.494 e. The molecule has 1 aliphatic heterocycles. The number of hydrazine groups is 1. The topological polar surface area (TPSA) is 59.3 Å². The smallest absolute Gasteiger partial charge is 0.119 e. The molecule has 1 aromatic carbocycles. The maximum Gasteiger partial charge on any atom is 0.119 e. The molecular weight excluding hydrogens is 238 g/mol. The van der Waals surface area contributed by atoms with Crippen molar-refractivity contribution in [1.82, 2.24) is 10.9 Å². The molecule has 106 valence electrons. The zero-order valence-electron chi connectivity index (χ0n) is 11.9. The van der Waals surface area contributed by atoms with E-state index in [1.165, 1.54) is 5.56 Å². The van der Waals surface area contributed by atoms with Crippen LogP contribution in [0, 0.1) is 5.92 Å². The molecule has 4 nitrogen and oxygen atoms in total. The van der Waals surface area contributed by atoms with E-state index >= 15 is 0 Å². The molecule has 0 bridgehead atoms. The lowest BCUT2D eigenvalue weighted by Crippen LogP contribution is -2.30. The maximum absolute atomic E-state index is 5.88. The van der Waals surface area contributed by atoms with E-state index in [0.29, 0.717) is 18.5 Å². The van der Waals surface area contributed by atoms with Crippen molar-refractivity contribution in [3.63, 3.8) is 0 Å². The highest BCUT2D eigenvalue weighted by atomic mass is 16.5. The molecule has 1 aliphatic rings. The molecule has 4 heteroatoms. The van der Waals surface area contributed by atoms with Crippen LogP contribution in [0.4, 0.5) is 0 Å². The molecule has 1 heterocycles. The highest BCUT2D eigenvalue weighted by Crippen LogP contribution is 2.29. The van der Waals surface area contributed by atoms with Crippen LogP contribution < -0.4 is 21.3 Å². The van der Waals surface area contributed by atoms with Crippen LogP contribution in [0.15, 0.2) is 24.3 Å². The monoisotopic (exact) mass is 263 g/mol. The van der Waals surface area contributed by atoms with Crippen LogP contribution in [0.25, 0.3) is 0 Å². The van der Waals surface area contributed by atoms with Gasteiger partial charge in [-0.05, 0) is 37.6 Å². The van der Waals surface area contributed by atoms with Gasteiger partial charge in [0, 0.05) is 12.0 Å². The number of nitrogens with one attached hydrogen (secondary N) is 2. The van der Waals surface area contributed by atoms with E-state index in [0.717, 1.165) is 25.2 Å². The lowest BCUT2D eigenvalue weighted by atomic mass is 9.90. The molecule has 1 fully saturated rings. The molecule has 1 aromatic rings. The van der Waals surface area contributed by atoms with Crippen molar-refractivity contribution >= 4 is 0 Å². The first-order chi connectivity index (χ1) is 9.26. The molecule has 0 aliphatic carbocycles. The summed E-state index contributed by atoms with van der Waals surface area (Å²) in [5, 5.41) is 0. The Labute approximate surface area is 115 Å². The van der Waals surface area contributed by atoms with E-state index in [9.17, 15) is 0 Å². The molecule has 0 spiro atoms. The van der Waals surface area contributed by atoms with E-state index in [2.05, 4.69) is 42.9 Å². The maximum atomic E-state index is 5.88. The number of ether oxygens (including phenoxy) is 1. The fraction of sp³-hybridized carbons (Fsp3) is 0.600. The van der Waals surface area contributed by atoms with E-state index in [-0.39, 0.29) is 6.04 Å². The zero-order chi connectivity index (χ0) is 13.7. The quantitative estimate of drug-likeness (QED) is 0.687. The van der Waals surface area contributed by atoms with Gasteiger partial charge in [-0.25, -0.2) is 5.43 Å². The molecule has 19 heavy (non-hydrogen) atoms. The van der Waals surface area contributed by atoms with Crippen LogP contribution >= 0.6 is 0 Å². The number of rotatable bonds is 6. The van der Waals surface area contributed by atoms with Gasteiger partial charge in [0.15, 0.2) is 0 Å². The molecule has 2 rings (SSSR count). The van der Waals surface area contributed by atoms with Gasteiger partial charge in [0.2, 0.25) is 0 Å². The molecule has 1 saturated heterocycles. The Morgan fingerprint density at radius 1 is 1.32 bits per heavy atom. The van der Waals surface area contributed by atoms with E-state index in [1.54, 1.807) is 0 Å². The van der Waals surface area contributed by atoms with Crippen LogP contribution in [-0.2, 0) is 0 Å². The normalized spacial score (nSPS) is 26.6. The predicted molar refractivity (Wildman–Crippen MR) is 77.9 cm³/mol. The van der Waals surface area contributed by atoms with Gasteiger partial charge in [0.25, 0.3) is 0 Å². The first-order valence-corrected chi connectivity index (χ1v) is 7.20. The van der Waals surface area contributed by atoms with Gasteiger partial charge in [0.05, 0.1) is 12.6 Å². The number of benzene rings is 1. The zero-order valence-corrected chi connectivity index (χ0v) is 11.9. The Kier molecular flexibility index (Phi) is 5.19. The van der Waals surface area contributed by atoms with Crippen LogP contribution in [0.2, 0.25) is 0 Å². The van der Waals surface area contributed by atoms with E-state index in [1.807, 2.05) is 6.07 Å². The van der Waals surface area contributed by atoms with Crippen LogP contribution in [-0.4, -0.2) is 19.2 Å². The van der Waals surface area contributed by atoms with Crippen molar-refractivity contribution in [2.45, 2.75) is 38.8 Å². The summed E-state index contributed by atoms with van der Waals surface area (Å²) >= 11 is 0. The molecule has 3 unspecified atom stereocenters. The van der Waals surface area contributed by atoms with Gasteiger partial charge in [0.1, 0.15) is 5.75 Å². The molecule has 4 N–H and O–H groups in total. The lowest BCUT2D eigenvalue weighted by molar-refractivity contribution is 0.308. The second-order valence-electron chi connectivity index (χ2n) is 5.23. The summed E-state index contributed by atoms with van der Waals surface area (Å²) in [5.41, 5.74) is 13.7. The highest BCUT2D eigenvalue weighted by Gasteiger charge is 2.32. The lowest BCUT2D eigenvalue weighted by Gasteiger charge is -2.20. The molecular formula is C15H25N3O. The average molecular weight is 263 g/mol. The van der Waals surface area contributed by atoms with Crippen molar-refractivity contribution in [2.24, 2.45) is 11.7 Å². The first kappa shape index (κ1) is 14.3. The summed E-state index contributed by atoms with van der Waals surface area (Å²) in [5.74, 6) is 1.36. The Balaban J connectivity index is 2.05. The van der Waals surface area contributed by atoms with Crippen molar-refractivity contribution in [3.05, 3.63) is 29.8 Å². The Bertz CT molecular complexity index is 397. The van der Waals surface area contributed by atoms with Gasteiger partial charge in [-0.3, -0.25) is 5.43 Å². The number of nitrogens with two attached hydrogens (primary N) is 1. The summed E-state index contributed by atoms with van der Waals surface area (Å²) in [6.07, 6.45) is 2.25. The van der Waals surface area contributed by atoms with Crippen molar-refractivity contribution in [3.8, 4) is 5.75 Å². The van der Waals surface area contributed by atoms with E-state index in [4.69, 9.17) is 10.5 Å². The number of unbranched alkanes of at least 4 members (excludes halogenated alkanes) is 1. The molecule has 0 aromatic heterocycles. The summed E-state index contributed by atoms with van der Waals surface area (Å²) in [4.78, 5) is 0. The third-order valence-electron chi connectivity index (χ3n) is 3.79. The Morgan fingerprint density at radius 2 is 2.16 bits per heavy atom. The van der Waals surface area contributed by atoms with Gasteiger partial charge in [-0.2, -0.15) is 0 Å². The molecule has 0 saturated carbocycles. The Hall–Kier alpha value is -1.10. The molecule has 0 radical (unpaired) electrons. The van der Waals surface area contributed by atoms with E-state index < -0.39 is 0 Å². The standard InChI is InChI=1S/C15H25N3O/c1-3-4-8-19-13-7-5-6-12(9-13)15-14(10-16)11(2)17-18-15/h5-7,9,11,14-15,17-18H,3-4,8,10,16H2,1-2H3. The first-order valence-electron chi connectivity index (χ1n) is 7.20. The Morgan fingerprint density at radius 3 is 2.89 bits per heavy atom. The third-order valence-corrected chi connectivity index (χ3v) is 3.79. The average Bonchev–Trinajstić information content (AvgIpc) is 2.80. The summed E-state index contributed by atoms with van der Waals surface area (Å²) in [6.45, 7) is 5.78.